The molecule has 4 nitrogen and oxygen atoms in total. The van der Waals surface area contributed by atoms with Gasteiger partial charge in [-0.2, -0.15) is 0 Å². The predicted octanol–water partition coefficient (Wildman–Crippen LogP) is 1.22. The van der Waals surface area contributed by atoms with Crippen molar-refractivity contribution in [2.24, 2.45) is 0 Å². The fourth-order valence-corrected chi connectivity index (χ4v) is 3.23. The van der Waals surface area contributed by atoms with Crippen LogP contribution in [0.4, 0.5) is 4.79 Å². The fraction of sp³-hybridized carbons (Fsp3) is 0.842. The predicted molar refractivity (Wildman–Crippen MR) is 96.5 cm³/mol. The van der Waals surface area contributed by atoms with E-state index >= 15 is 0 Å². The molecule has 0 unspecified atom stereocenters. The maximum absolute atomic E-state index is 11.7. The van der Waals surface area contributed by atoms with E-state index < -0.39 is 0 Å². The Morgan fingerprint density at radius 2 is 1.62 bits per heavy atom. The van der Waals surface area contributed by atoms with Crippen molar-refractivity contribution < 1.29 is 38.0 Å². The molecule has 1 aliphatic rings. The number of hydrogen-bond donors (Lipinski definition) is 0. The number of carbonyl (C=O) groups is 1. The zero-order chi connectivity index (χ0) is 17.0. The lowest BCUT2D eigenvalue weighted by Crippen LogP contribution is -3.00. The van der Waals surface area contributed by atoms with Crippen LogP contribution < -0.4 is 24.0 Å². The van der Waals surface area contributed by atoms with Gasteiger partial charge in [0.25, 0.3) is 0 Å². The monoisotopic (exact) mass is 452 g/mol. The van der Waals surface area contributed by atoms with Gasteiger partial charge >= 0.3 is 6.09 Å². The molecule has 142 valence electrons. The van der Waals surface area contributed by atoms with Gasteiger partial charge in [-0.1, -0.05) is 31.8 Å². The molecule has 0 radical (unpaired) electrons. The first-order valence-electron chi connectivity index (χ1n) is 9.47. The van der Waals surface area contributed by atoms with E-state index in [4.69, 9.17) is 4.74 Å². The molecular formula is C19H37IN2O2. The molecule has 0 aromatic rings. The van der Waals surface area contributed by atoms with Gasteiger partial charge in [-0.25, -0.2) is 4.79 Å². The van der Waals surface area contributed by atoms with Gasteiger partial charge in [0.15, 0.2) is 0 Å². The summed E-state index contributed by atoms with van der Waals surface area (Å²) in [7, 11) is 2.33. The Hall–Kier alpha value is -0.300. The summed E-state index contributed by atoms with van der Waals surface area (Å²) in [5.74, 6) is 0. The van der Waals surface area contributed by atoms with Crippen molar-refractivity contribution in [1.82, 2.24) is 4.90 Å². The number of amides is 1. The Morgan fingerprint density at radius 3 is 2.17 bits per heavy atom. The van der Waals surface area contributed by atoms with Gasteiger partial charge in [-0.15, -0.1) is 6.58 Å². The third-order valence-corrected chi connectivity index (χ3v) is 4.95. The number of piperazine rings is 1. The lowest BCUT2D eigenvalue weighted by Gasteiger charge is -2.41. The number of allylic oxidation sites excluding steroid dienone is 1. The van der Waals surface area contributed by atoms with E-state index in [9.17, 15) is 4.79 Å². The second-order valence-electron chi connectivity index (χ2n) is 7.03. The molecule has 1 saturated heterocycles. The Morgan fingerprint density at radius 1 is 1.08 bits per heavy atom. The second-order valence-corrected chi connectivity index (χ2v) is 7.03. The largest absolute Gasteiger partial charge is 1.00 e. The van der Waals surface area contributed by atoms with E-state index in [0.717, 1.165) is 30.7 Å². The molecule has 0 bridgehead atoms. The van der Waals surface area contributed by atoms with Crippen LogP contribution in [0.3, 0.4) is 0 Å². The van der Waals surface area contributed by atoms with Gasteiger partial charge in [-0.05, 0) is 32.6 Å². The number of quaternary nitrogens is 1. The van der Waals surface area contributed by atoms with Crippen molar-refractivity contribution >= 4 is 6.09 Å². The highest BCUT2D eigenvalue weighted by Gasteiger charge is 2.30. The quantitative estimate of drug-likeness (QED) is 0.204. The van der Waals surface area contributed by atoms with Crippen LogP contribution in [-0.4, -0.2) is 61.9 Å². The van der Waals surface area contributed by atoms with Crippen molar-refractivity contribution in [2.45, 2.75) is 58.3 Å². The molecule has 0 aromatic heterocycles. The standard InChI is InChI=1S/C19H37N2O2.HI/c1-4-6-7-8-9-10-11-12-13-16-21(3)17-14-20(15-18-21)19(22)23-5-2;/h4H,1,5-18H2,2-3H3;1H/q+1;/p-1. The Balaban J connectivity index is 0.00000529. The van der Waals surface area contributed by atoms with Crippen LogP contribution in [0.2, 0.25) is 0 Å². The molecule has 1 amide bonds. The maximum atomic E-state index is 11.7. The van der Waals surface area contributed by atoms with Gasteiger partial charge in [0.1, 0.15) is 0 Å². The number of hydrogen-bond acceptors (Lipinski definition) is 2. The third kappa shape index (κ3) is 9.87. The molecule has 0 aliphatic carbocycles. The zero-order valence-corrected chi connectivity index (χ0v) is 17.9. The SMILES string of the molecule is C=CCCCCCCCCC[N+]1(C)CCN(C(=O)OCC)CC1.[I-]. The topological polar surface area (TPSA) is 29.5 Å². The van der Waals surface area contributed by atoms with Crippen molar-refractivity contribution in [1.29, 1.82) is 0 Å². The fourth-order valence-electron chi connectivity index (χ4n) is 3.23. The summed E-state index contributed by atoms with van der Waals surface area (Å²) in [4.78, 5) is 13.6. The Labute approximate surface area is 166 Å². The zero-order valence-electron chi connectivity index (χ0n) is 15.8. The molecule has 1 heterocycles. The maximum Gasteiger partial charge on any atom is 0.410 e. The van der Waals surface area contributed by atoms with Gasteiger partial charge in [0.05, 0.1) is 46.4 Å². The Kier molecular flexibility index (Phi) is 13.8. The summed E-state index contributed by atoms with van der Waals surface area (Å²) in [5, 5.41) is 0. The van der Waals surface area contributed by atoms with Crippen LogP contribution in [0.15, 0.2) is 12.7 Å². The molecule has 0 spiro atoms. The normalized spacial score (nSPS) is 16.3. The second kappa shape index (κ2) is 13.9. The molecular weight excluding hydrogens is 415 g/mol. The molecule has 1 aliphatic heterocycles. The van der Waals surface area contributed by atoms with Gasteiger partial charge in [0.2, 0.25) is 0 Å². The molecule has 5 heteroatoms. The van der Waals surface area contributed by atoms with E-state index in [0.29, 0.717) is 6.61 Å². The summed E-state index contributed by atoms with van der Waals surface area (Å²) >= 11 is 0. The van der Waals surface area contributed by atoms with E-state index in [2.05, 4.69) is 13.6 Å². The van der Waals surface area contributed by atoms with Crippen LogP contribution in [0.1, 0.15) is 58.3 Å². The molecule has 0 saturated carbocycles. The number of likely N-dealkylation sites (N-methyl/N-ethyl adjacent to an activating group) is 1. The minimum absolute atomic E-state index is 0. The summed E-state index contributed by atoms with van der Waals surface area (Å²) in [6.45, 7) is 11.1. The summed E-state index contributed by atoms with van der Waals surface area (Å²) in [5.41, 5.74) is 0. The molecule has 0 aromatic carbocycles. The highest BCUT2D eigenvalue weighted by molar-refractivity contribution is 5.67. The highest BCUT2D eigenvalue weighted by Crippen LogP contribution is 2.15. The number of rotatable bonds is 11. The van der Waals surface area contributed by atoms with Crippen LogP contribution in [0, 0.1) is 0 Å². The smallest absolute Gasteiger partial charge is 0.410 e. The van der Waals surface area contributed by atoms with Crippen molar-refractivity contribution in [2.75, 3.05) is 46.4 Å². The third-order valence-electron chi connectivity index (χ3n) is 4.95. The lowest BCUT2D eigenvalue weighted by atomic mass is 10.1. The van der Waals surface area contributed by atoms with Crippen LogP contribution in [0.5, 0.6) is 0 Å². The van der Waals surface area contributed by atoms with Crippen molar-refractivity contribution in [3.63, 3.8) is 0 Å². The van der Waals surface area contributed by atoms with Crippen LogP contribution >= 0.6 is 0 Å². The van der Waals surface area contributed by atoms with Crippen LogP contribution in [-0.2, 0) is 4.74 Å². The average Bonchev–Trinajstić information content (AvgIpc) is 2.54. The summed E-state index contributed by atoms with van der Waals surface area (Å²) in [6.07, 6.45) is 12.5. The first-order chi connectivity index (χ1) is 11.1. The van der Waals surface area contributed by atoms with E-state index in [1.54, 1.807) is 0 Å². The van der Waals surface area contributed by atoms with E-state index in [-0.39, 0.29) is 30.1 Å². The lowest BCUT2D eigenvalue weighted by molar-refractivity contribution is -0.913. The number of halogens is 1. The van der Waals surface area contributed by atoms with Crippen LogP contribution in [0.25, 0.3) is 0 Å². The minimum atomic E-state index is -0.143. The molecule has 0 N–H and O–H groups in total. The van der Waals surface area contributed by atoms with Crippen molar-refractivity contribution in [3.05, 3.63) is 12.7 Å². The van der Waals surface area contributed by atoms with E-state index in [1.807, 2.05) is 17.9 Å². The number of unbranched alkanes of at least 4 members (excludes halogenated alkanes) is 7. The van der Waals surface area contributed by atoms with Crippen molar-refractivity contribution in [3.8, 4) is 0 Å². The highest BCUT2D eigenvalue weighted by atomic mass is 127. The first kappa shape index (κ1) is 23.7. The first-order valence-corrected chi connectivity index (χ1v) is 9.47. The van der Waals surface area contributed by atoms with Gasteiger partial charge < -0.3 is 33.2 Å². The summed E-state index contributed by atoms with van der Waals surface area (Å²) < 4.78 is 6.19. The van der Waals surface area contributed by atoms with Gasteiger partial charge in [-0.3, -0.25) is 4.90 Å². The molecule has 0 atom stereocenters. The summed E-state index contributed by atoms with van der Waals surface area (Å²) in [6, 6.07) is 0. The number of ether oxygens (including phenoxy) is 1. The number of nitrogens with zero attached hydrogens (tertiary/aromatic N) is 2. The average molecular weight is 452 g/mol. The number of carbonyl (C=O) groups excluding carboxylic acids is 1. The molecule has 1 rings (SSSR count). The Bertz CT molecular complexity index is 342. The van der Waals surface area contributed by atoms with Gasteiger partial charge in [0, 0.05) is 0 Å². The van der Waals surface area contributed by atoms with E-state index in [1.165, 1.54) is 57.9 Å². The molecule has 24 heavy (non-hydrogen) atoms. The molecule has 1 fully saturated rings. The minimum Gasteiger partial charge on any atom is -1.00 e.